The fourth-order valence-electron chi connectivity index (χ4n) is 2.52. The standard InChI is InChI=1S/C15H23N5/c1-17-14-13(10-16)15(20-11-19-14)18-9-8-12-6-4-2-3-5-7-12/h6,10-11,16H,2-5,7-9H2,1H3,(H2,17,18,19,20). The zero-order valence-corrected chi connectivity index (χ0v) is 12.1. The summed E-state index contributed by atoms with van der Waals surface area (Å²) < 4.78 is 0. The van der Waals surface area contributed by atoms with Crippen molar-refractivity contribution in [3.8, 4) is 0 Å². The Morgan fingerprint density at radius 1 is 1.25 bits per heavy atom. The van der Waals surface area contributed by atoms with Crippen molar-refractivity contribution in [2.45, 2.75) is 38.5 Å². The predicted molar refractivity (Wildman–Crippen MR) is 83.7 cm³/mol. The molecule has 0 radical (unpaired) electrons. The lowest BCUT2D eigenvalue weighted by Crippen LogP contribution is -2.09. The van der Waals surface area contributed by atoms with Gasteiger partial charge in [-0.25, -0.2) is 9.97 Å². The highest BCUT2D eigenvalue weighted by Gasteiger charge is 2.08. The lowest BCUT2D eigenvalue weighted by atomic mass is 10.1. The van der Waals surface area contributed by atoms with Crippen LogP contribution in [0.15, 0.2) is 18.0 Å². The molecule has 1 aliphatic rings. The molecule has 3 N–H and O–H groups in total. The van der Waals surface area contributed by atoms with E-state index < -0.39 is 0 Å². The van der Waals surface area contributed by atoms with Gasteiger partial charge in [-0.3, -0.25) is 0 Å². The molecule has 108 valence electrons. The number of allylic oxidation sites excluding steroid dienone is 1. The van der Waals surface area contributed by atoms with E-state index in [4.69, 9.17) is 5.41 Å². The number of nitrogens with zero attached hydrogens (tertiary/aromatic N) is 2. The van der Waals surface area contributed by atoms with Gasteiger partial charge in [-0.1, -0.05) is 18.1 Å². The molecule has 2 rings (SSSR count). The Hall–Kier alpha value is -1.91. The molecule has 5 heteroatoms. The molecule has 0 unspecified atom stereocenters. The minimum absolute atomic E-state index is 0.686. The summed E-state index contributed by atoms with van der Waals surface area (Å²) in [5, 5.41) is 13.8. The summed E-state index contributed by atoms with van der Waals surface area (Å²) in [7, 11) is 1.80. The Morgan fingerprint density at radius 2 is 2.10 bits per heavy atom. The van der Waals surface area contributed by atoms with E-state index in [1.54, 1.807) is 12.6 Å². The van der Waals surface area contributed by atoms with Crippen molar-refractivity contribution < 1.29 is 0 Å². The first-order chi connectivity index (χ1) is 9.85. The average Bonchev–Trinajstić information content (AvgIpc) is 2.75. The van der Waals surface area contributed by atoms with Crippen LogP contribution in [0.5, 0.6) is 0 Å². The van der Waals surface area contributed by atoms with Crippen molar-refractivity contribution in [2.24, 2.45) is 0 Å². The molecule has 0 amide bonds. The van der Waals surface area contributed by atoms with Crippen LogP contribution in [0.3, 0.4) is 0 Å². The first-order valence-electron chi connectivity index (χ1n) is 7.30. The quantitative estimate of drug-likeness (QED) is 0.549. The zero-order valence-electron chi connectivity index (χ0n) is 12.1. The summed E-state index contributed by atoms with van der Waals surface area (Å²) in [6.45, 7) is 0.854. The second-order valence-electron chi connectivity index (χ2n) is 5.02. The molecule has 0 fully saturated rings. The molecular formula is C15H23N5. The summed E-state index contributed by atoms with van der Waals surface area (Å²) in [5.74, 6) is 1.42. The number of rotatable bonds is 6. The van der Waals surface area contributed by atoms with Gasteiger partial charge in [-0.05, 0) is 32.1 Å². The van der Waals surface area contributed by atoms with Gasteiger partial charge in [-0.2, -0.15) is 0 Å². The van der Waals surface area contributed by atoms with Gasteiger partial charge in [0.1, 0.15) is 18.0 Å². The van der Waals surface area contributed by atoms with Crippen LogP contribution in [0, 0.1) is 5.41 Å². The topological polar surface area (TPSA) is 73.7 Å². The van der Waals surface area contributed by atoms with Crippen LogP contribution in [0.4, 0.5) is 11.6 Å². The lowest BCUT2D eigenvalue weighted by molar-refractivity contribution is 0.704. The lowest BCUT2D eigenvalue weighted by Gasteiger charge is -2.11. The molecule has 0 aliphatic heterocycles. The Labute approximate surface area is 120 Å². The molecule has 1 heterocycles. The monoisotopic (exact) mass is 273 g/mol. The van der Waals surface area contributed by atoms with Crippen molar-refractivity contribution in [1.82, 2.24) is 9.97 Å². The van der Waals surface area contributed by atoms with Crippen LogP contribution in [0.2, 0.25) is 0 Å². The average molecular weight is 273 g/mol. The molecule has 0 saturated heterocycles. The first-order valence-corrected chi connectivity index (χ1v) is 7.30. The molecule has 0 atom stereocenters. The Kier molecular flexibility index (Phi) is 5.53. The largest absolute Gasteiger partial charge is 0.372 e. The molecule has 1 aliphatic carbocycles. The van der Waals surface area contributed by atoms with Crippen LogP contribution in [-0.2, 0) is 0 Å². The molecule has 20 heavy (non-hydrogen) atoms. The summed E-state index contributed by atoms with van der Waals surface area (Å²) in [6, 6.07) is 0. The summed E-state index contributed by atoms with van der Waals surface area (Å²) in [5.41, 5.74) is 2.26. The summed E-state index contributed by atoms with van der Waals surface area (Å²) >= 11 is 0. The number of aromatic nitrogens is 2. The van der Waals surface area contributed by atoms with Gasteiger partial charge in [0.2, 0.25) is 0 Å². The van der Waals surface area contributed by atoms with Gasteiger partial charge in [-0.15, -0.1) is 0 Å². The van der Waals surface area contributed by atoms with Crippen molar-refractivity contribution in [2.75, 3.05) is 24.2 Å². The van der Waals surface area contributed by atoms with Gasteiger partial charge in [0, 0.05) is 19.8 Å². The molecular weight excluding hydrogens is 250 g/mol. The predicted octanol–water partition coefficient (Wildman–Crippen LogP) is 3.21. The SMILES string of the molecule is CNc1ncnc(NCCC2=CCCCCC2)c1C=N. The van der Waals surface area contributed by atoms with E-state index in [0.717, 1.165) is 18.8 Å². The van der Waals surface area contributed by atoms with Gasteiger partial charge >= 0.3 is 0 Å². The highest BCUT2D eigenvalue weighted by Crippen LogP contribution is 2.21. The first kappa shape index (κ1) is 14.5. The smallest absolute Gasteiger partial charge is 0.140 e. The van der Waals surface area contributed by atoms with Gasteiger partial charge in [0.15, 0.2) is 0 Å². The van der Waals surface area contributed by atoms with Crippen molar-refractivity contribution >= 4 is 17.9 Å². The summed E-state index contributed by atoms with van der Waals surface area (Å²) in [4.78, 5) is 8.34. The van der Waals surface area contributed by atoms with E-state index in [9.17, 15) is 0 Å². The minimum atomic E-state index is 0.686. The normalized spacial score (nSPS) is 15.2. The van der Waals surface area contributed by atoms with E-state index in [2.05, 4.69) is 26.7 Å². The van der Waals surface area contributed by atoms with Gasteiger partial charge < -0.3 is 16.0 Å². The molecule has 0 spiro atoms. The minimum Gasteiger partial charge on any atom is -0.372 e. The molecule has 0 saturated carbocycles. The third-order valence-corrected chi connectivity index (χ3v) is 3.64. The number of hydrogen-bond donors (Lipinski definition) is 3. The Balaban J connectivity index is 1.93. The second kappa shape index (κ2) is 7.62. The number of hydrogen-bond acceptors (Lipinski definition) is 5. The fourth-order valence-corrected chi connectivity index (χ4v) is 2.52. The van der Waals surface area contributed by atoms with E-state index in [1.807, 2.05) is 0 Å². The maximum absolute atomic E-state index is 7.49. The van der Waals surface area contributed by atoms with Crippen LogP contribution in [-0.4, -0.2) is 29.8 Å². The molecule has 0 aromatic carbocycles. The van der Waals surface area contributed by atoms with Gasteiger partial charge in [0.25, 0.3) is 0 Å². The Bertz CT molecular complexity index is 481. The van der Waals surface area contributed by atoms with Crippen LogP contribution >= 0.6 is 0 Å². The molecule has 1 aromatic rings. The maximum atomic E-state index is 7.49. The summed E-state index contributed by atoms with van der Waals surface area (Å²) in [6.07, 6.45) is 12.7. The van der Waals surface area contributed by atoms with Crippen LogP contribution in [0.1, 0.15) is 44.1 Å². The maximum Gasteiger partial charge on any atom is 0.140 e. The Morgan fingerprint density at radius 3 is 2.90 bits per heavy atom. The van der Waals surface area contributed by atoms with Crippen molar-refractivity contribution in [1.29, 1.82) is 5.41 Å². The highest BCUT2D eigenvalue weighted by atomic mass is 15.1. The fraction of sp³-hybridized carbons (Fsp3) is 0.533. The highest BCUT2D eigenvalue weighted by molar-refractivity contribution is 5.90. The van der Waals surface area contributed by atoms with Crippen LogP contribution < -0.4 is 10.6 Å². The van der Waals surface area contributed by atoms with Crippen molar-refractivity contribution in [3.63, 3.8) is 0 Å². The third-order valence-electron chi connectivity index (χ3n) is 3.64. The number of nitrogens with one attached hydrogen (secondary N) is 3. The number of anilines is 2. The second-order valence-corrected chi connectivity index (χ2v) is 5.02. The molecule has 5 nitrogen and oxygen atoms in total. The van der Waals surface area contributed by atoms with Crippen LogP contribution in [0.25, 0.3) is 0 Å². The van der Waals surface area contributed by atoms with E-state index in [1.165, 1.54) is 44.6 Å². The van der Waals surface area contributed by atoms with E-state index >= 15 is 0 Å². The third kappa shape index (κ3) is 3.79. The zero-order chi connectivity index (χ0) is 14.2. The van der Waals surface area contributed by atoms with Gasteiger partial charge in [0.05, 0.1) is 5.56 Å². The van der Waals surface area contributed by atoms with E-state index in [-0.39, 0.29) is 0 Å². The van der Waals surface area contributed by atoms with Crippen molar-refractivity contribution in [3.05, 3.63) is 23.5 Å². The van der Waals surface area contributed by atoms with E-state index in [0.29, 0.717) is 11.4 Å². The molecule has 0 bridgehead atoms. The molecule has 1 aromatic heterocycles.